The number of carbonyl (C=O) groups excluding carboxylic acids is 1. The molecule has 2 aliphatic rings. The summed E-state index contributed by atoms with van der Waals surface area (Å²) in [6.07, 6.45) is 8.47. The molecular weight excluding hydrogens is 238 g/mol. The second-order valence-electron chi connectivity index (χ2n) is 6.05. The summed E-state index contributed by atoms with van der Waals surface area (Å²) in [4.78, 5) is 14.3. The van der Waals surface area contributed by atoms with Crippen molar-refractivity contribution in [1.82, 2.24) is 15.5 Å². The number of likely N-dealkylation sites (tertiary alicyclic amines) is 1. The first kappa shape index (κ1) is 14.8. The van der Waals surface area contributed by atoms with Gasteiger partial charge in [0.05, 0.1) is 6.54 Å². The van der Waals surface area contributed by atoms with Crippen LogP contribution in [-0.2, 0) is 4.79 Å². The molecule has 0 unspecified atom stereocenters. The van der Waals surface area contributed by atoms with Gasteiger partial charge in [0.25, 0.3) is 0 Å². The van der Waals surface area contributed by atoms with Crippen LogP contribution in [0.15, 0.2) is 0 Å². The Bertz CT molecular complexity index is 269. The van der Waals surface area contributed by atoms with Gasteiger partial charge in [0, 0.05) is 12.1 Å². The Labute approximate surface area is 117 Å². The van der Waals surface area contributed by atoms with E-state index in [0.717, 1.165) is 0 Å². The van der Waals surface area contributed by atoms with Crippen molar-refractivity contribution in [2.24, 2.45) is 0 Å². The van der Waals surface area contributed by atoms with Crippen LogP contribution >= 0.6 is 0 Å². The Balaban J connectivity index is 1.56. The molecule has 2 rings (SSSR count). The molecule has 110 valence electrons. The lowest BCUT2D eigenvalue weighted by molar-refractivity contribution is -0.121. The highest BCUT2D eigenvalue weighted by Gasteiger charge is 2.20. The maximum Gasteiger partial charge on any atom is 0.234 e. The maximum absolute atomic E-state index is 11.8. The molecule has 19 heavy (non-hydrogen) atoms. The number of nitrogens with one attached hydrogen (secondary N) is 2. The molecule has 4 heteroatoms. The minimum atomic E-state index is 0.183. The SMILES string of the molecule is CCCN1CCC(NCC(=O)NC2CCCC2)CC1. The number of amides is 1. The van der Waals surface area contributed by atoms with Crippen LogP contribution in [0.1, 0.15) is 51.9 Å². The van der Waals surface area contributed by atoms with Crippen LogP contribution in [0.2, 0.25) is 0 Å². The zero-order valence-corrected chi connectivity index (χ0v) is 12.3. The van der Waals surface area contributed by atoms with Crippen LogP contribution in [0.25, 0.3) is 0 Å². The molecule has 0 bridgehead atoms. The summed E-state index contributed by atoms with van der Waals surface area (Å²) in [5.41, 5.74) is 0. The van der Waals surface area contributed by atoms with Gasteiger partial charge in [-0.15, -0.1) is 0 Å². The average molecular weight is 267 g/mol. The largest absolute Gasteiger partial charge is 0.352 e. The van der Waals surface area contributed by atoms with Crippen molar-refractivity contribution in [2.75, 3.05) is 26.2 Å². The Kier molecular flexibility index (Phi) is 6.11. The highest BCUT2D eigenvalue weighted by atomic mass is 16.2. The molecule has 4 nitrogen and oxygen atoms in total. The molecular formula is C15H29N3O. The molecule has 2 fully saturated rings. The zero-order valence-electron chi connectivity index (χ0n) is 12.3. The third-order valence-corrected chi connectivity index (χ3v) is 4.40. The first-order valence-electron chi connectivity index (χ1n) is 8.03. The highest BCUT2D eigenvalue weighted by Crippen LogP contribution is 2.17. The summed E-state index contributed by atoms with van der Waals surface area (Å²) in [5.74, 6) is 0.183. The number of carbonyl (C=O) groups is 1. The highest BCUT2D eigenvalue weighted by molar-refractivity contribution is 5.78. The molecule has 1 aliphatic heterocycles. The normalized spacial score (nSPS) is 22.8. The smallest absolute Gasteiger partial charge is 0.234 e. The number of hydrogen-bond acceptors (Lipinski definition) is 3. The molecule has 1 heterocycles. The van der Waals surface area contributed by atoms with Crippen molar-refractivity contribution in [3.63, 3.8) is 0 Å². The van der Waals surface area contributed by atoms with Crippen LogP contribution in [0.3, 0.4) is 0 Å². The number of rotatable bonds is 6. The van der Waals surface area contributed by atoms with Crippen LogP contribution < -0.4 is 10.6 Å². The molecule has 1 saturated heterocycles. The lowest BCUT2D eigenvalue weighted by atomic mass is 10.0. The summed E-state index contributed by atoms with van der Waals surface area (Å²) in [5, 5.41) is 6.55. The van der Waals surface area contributed by atoms with Crippen LogP contribution in [0.4, 0.5) is 0 Å². The summed E-state index contributed by atoms with van der Waals surface area (Å²) in [7, 11) is 0. The summed E-state index contributed by atoms with van der Waals surface area (Å²) in [6.45, 7) is 6.30. The van der Waals surface area contributed by atoms with Crippen molar-refractivity contribution >= 4 is 5.91 Å². The fourth-order valence-corrected chi connectivity index (χ4v) is 3.26. The van der Waals surface area contributed by atoms with Gasteiger partial charge in [-0.25, -0.2) is 0 Å². The molecule has 0 atom stereocenters. The van der Waals surface area contributed by atoms with E-state index in [1.807, 2.05) is 0 Å². The Morgan fingerprint density at radius 1 is 1.11 bits per heavy atom. The van der Waals surface area contributed by atoms with E-state index in [1.54, 1.807) is 0 Å². The molecule has 2 N–H and O–H groups in total. The molecule has 0 aromatic heterocycles. The Morgan fingerprint density at radius 3 is 2.42 bits per heavy atom. The predicted molar refractivity (Wildman–Crippen MR) is 78.2 cm³/mol. The Hall–Kier alpha value is -0.610. The van der Waals surface area contributed by atoms with E-state index >= 15 is 0 Å². The standard InChI is InChI=1S/C15H29N3O/c1-2-9-18-10-7-13(8-11-18)16-12-15(19)17-14-5-3-4-6-14/h13-14,16H,2-12H2,1H3,(H,17,19). The van der Waals surface area contributed by atoms with Crippen molar-refractivity contribution in [1.29, 1.82) is 0 Å². The van der Waals surface area contributed by atoms with Crippen LogP contribution in [0, 0.1) is 0 Å². The minimum absolute atomic E-state index is 0.183. The van der Waals surface area contributed by atoms with Gasteiger partial charge in [0.2, 0.25) is 5.91 Å². The maximum atomic E-state index is 11.8. The molecule has 1 saturated carbocycles. The minimum Gasteiger partial charge on any atom is -0.352 e. The van der Waals surface area contributed by atoms with Gasteiger partial charge in [-0.1, -0.05) is 19.8 Å². The van der Waals surface area contributed by atoms with E-state index in [0.29, 0.717) is 18.6 Å². The average Bonchev–Trinajstić information content (AvgIpc) is 2.91. The predicted octanol–water partition coefficient (Wildman–Crippen LogP) is 1.51. The van der Waals surface area contributed by atoms with E-state index in [4.69, 9.17) is 0 Å². The number of nitrogens with zero attached hydrogens (tertiary/aromatic N) is 1. The first-order chi connectivity index (χ1) is 9.28. The lowest BCUT2D eigenvalue weighted by Gasteiger charge is -2.32. The van der Waals surface area contributed by atoms with E-state index < -0.39 is 0 Å². The summed E-state index contributed by atoms with van der Waals surface area (Å²) < 4.78 is 0. The fourth-order valence-electron chi connectivity index (χ4n) is 3.26. The van der Waals surface area contributed by atoms with E-state index in [-0.39, 0.29) is 5.91 Å². The number of piperidine rings is 1. The molecule has 0 spiro atoms. The van der Waals surface area contributed by atoms with Gasteiger partial charge in [-0.3, -0.25) is 4.79 Å². The first-order valence-corrected chi connectivity index (χ1v) is 8.03. The van der Waals surface area contributed by atoms with Crippen LogP contribution in [0.5, 0.6) is 0 Å². The number of hydrogen-bond donors (Lipinski definition) is 2. The quantitative estimate of drug-likeness (QED) is 0.767. The molecule has 0 radical (unpaired) electrons. The second-order valence-corrected chi connectivity index (χ2v) is 6.05. The van der Waals surface area contributed by atoms with Gasteiger partial charge in [-0.05, 0) is 51.7 Å². The molecule has 1 amide bonds. The summed E-state index contributed by atoms with van der Waals surface area (Å²) in [6, 6.07) is 0.975. The Morgan fingerprint density at radius 2 is 1.79 bits per heavy atom. The van der Waals surface area contributed by atoms with Crippen LogP contribution in [-0.4, -0.2) is 49.1 Å². The third-order valence-electron chi connectivity index (χ3n) is 4.40. The van der Waals surface area contributed by atoms with E-state index in [2.05, 4.69) is 22.5 Å². The topological polar surface area (TPSA) is 44.4 Å². The third kappa shape index (κ3) is 5.11. The van der Waals surface area contributed by atoms with Crippen molar-refractivity contribution in [3.05, 3.63) is 0 Å². The van der Waals surface area contributed by atoms with Crippen molar-refractivity contribution in [3.8, 4) is 0 Å². The van der Waals surface area contributed by atoms with Gasteiger partial charge < -0.3 is 15.5 Å². The lowest BCUT2D eigenvalue weighted by Crippen LogP contribution is -2.47. The fraction of sp³-hybridized carbons (Fsp3) is 0.933. The van der Waals surface area contributed by atoms with Gasteiger partial charge in [0.15, 0.2) is 0 Å². The van der Waals surface area contributed by atoms with E-state index in [1.165, 1.54) is 64.6 Å². The second kappa shape index (κ2) is 7.85. The molecule has 0 aromatic carbocycles. The molecule has 0 aromatic rings. The van der Waals surface area contributed by atoms with Gasteiger partial charge >= 0.3 is 0 Å². The molecule has 1 aliphatic carbocycles. The van der Waals surface area contributed by atoms with Crippen molar-refractivity contribution < 1.29 is 4.79 Å². The van der Waals surface area contributed by atoms with Gasteiger partial charge in [-0.2, -0.15) is 0 Å². The van der Waals surface area contributed by atoms with E-state index in [9.17, 15) is 4.79 Å². The monoisotopic (exact) mass is 267 g/mol. The van der Waals surface area contributed by atoms with Gasteiger partial charge in [0.1, 0.15) is 0 Å². The zero-order chi connectivity index (χ0) is 13.5. The van der Waals surface area contributed by atoms with Crippen molar-refractivity contribution in [2.45, 2.75) is 64.0 Å². The summed E-state index contributed by atoms with van der Waals surface area (Å²) >= 11 is 0.